The molecule has 0 bridgehead atoms. The van der Waals surface area contributed by atoms with E-state index in [9.17, 15) is 0 Å². The van der Waals surface area contributed by atoms with Gasteiger partial charge in [-0.15, -0.1) is 0 Å². The Labute approximate surface area is 73.6 Å². The monoisotopic (exact) mass is 177 g/mol. The Morgan fingerprint density at radius 1 is 1.36 bits per heavy atom. The van der Waals surface area contributed by atoms with E-state index in [2.05, 4.69) is 11.8 Å². The highest BCUT2D eigenvalue weighted by Crippen LogP contribution is 2.14. The van der Waals surface area contributed by atoms with Crippen molar-refractivity contribution < 1.29 is 5.11 Å². The van der Waals surface area contributed by atoms with Crippen LogP contribution in [0, 0.1) is 0 Å². The first-order valence-electron chi connectivity index (χ1n) is 4.04. The summed E-state index contributed by atoms with van der Waals surface area (Å²) in [5.74, 6) is 2.83. The minimum Gasteiger partial charge on any atom is -0.394 e. The van der Waals surface area contributed by atoms with Crippen LogP contribution in [-0.4, -0.2) is 28.8 Å². The highest BCUT2D eigenvalue weighted by molar-refractivity contribution is 7.99. The molecule has 1 aliphatic heterocycles. The molecule has 1 heterocycles. The second-order valence-corrected chi connectivity index (χ2v) is 4.69. The molecule has 0 unspecified atom stereocenters. The lowest BCUT2D eigenvalue weighted by Gasteiger charge is -2.12. The maximum absolute atomic E-state index is 8.28. The molecule has 0 amide bonds. The molecular weight excluding hydrogens is 158 g/mol. The van der Waals surface area contributed by atoms with E-state index in [-0.39, 0.29) is 6.61 Å². The largest absolute Gasteiger partial charge is 0.394 e. The Hall–Kier alpha value is 0.270. The van der Waals surface area contributed by atoms with E-state index < -0.39 is 5.54 Å². The zero-order valence-corrected chi connectivity index (χ0v) is 8.28. The van der Waals surface area contributed by atoms with E-state index in [1.165, 1.54) is 24.3 Å². The molecule has 0 aromatic carbocycles. The maximum atomic E-state index is 8.28. The van der Waals surface area contributed by atoms with Gasteiger partial charge in [0, 0.05) is 5.54 Å². The summed E-state index contributed by atoms with van der Waals surface area (Å²) in [6.45, 7) is 3.59. The Kier molecular flexibility index (Phi) is 6.01. The molecule has 3 heteroatoms. The van der Waals surface area contributed by atoms with E-state index >= 15 is 0 Å². The summed E-state index contributed by atoms with van der Waals surface area (Å²) in [6, 6.07) is 0. The molecule has 0 saturated carbocycles. The van der Waals surface area contributed by atoms with Crippen LogP contribution in [0.1, 0.15) is 26.7 Å². The number of nitrogens with two attached hydrogens (primary N) is 1. The smallest absolute Gasteiger partial charge is 0.0605 e. The minimum absolute atomic E-state index is 0.0486. The van der Waals surface area contributed by atoms with E-state index in [1.807, 2.05) is 0 Å². The summed E-state index contributed by atoms with van der Waals surface area (Å²) < 4.78 is 0. The van der Waals surface area contributed by atoms with Gasteiger partial charge >= 0.3 is 0 Å². The molecule has 11 heavy (non-hydrogen) atoms. The Bertz CT molecular complexity index is 79.0. The maximum Gasteiger partial charge on any atom is 0.0605 e. The van der Waals surface area contributed by atoms with E-state index in [0.29, 0.717) is 0 Å². The van der Waals surface area contributed by atoms with Gasteiger partial charge in [0.15, 0.2) is 0 Å². The number of rotatable bonds is 1. The summed E-state index contributed by atoms with van der Waals surface area (Å²) in [6.07, 6.45) is 2.93. The first-order valence-corrected chi connectivity index (χ1v) is 5.19. The van der Waals surface area contributed by atoms with Crippen LogP contribution in [0.15, 0.2) is 0 Å². The average molecular weight is 177 g/mol. The Morgan fingerprint density at radius 3 is 1.82 bits per heavy atom. The quantitative estimate of drug-likeness (QED) is 0.633. The molecule has 1 rings (SSSR count). The summed E-state index contributed by atoms with van der Waals surface area (Å²) in [4.78, 5) is 0. The Balaban J connectivity index is 0.000000183. The van der Waals surface area contributed by atoms with E-state index in [4.69, 9.17) is 10.8 Å². The predicted molar refractivity (Wildman–Crippen MR) is 51.9 cm³/mol. The van der Waals surface area contributed by atoms with Crippen LogP contribution in [0.2, 0.25) is 0 Å². The van der Waals surface area contributed by atoms with Crippen LogP contribution in [0.4, 0.5) is 0 Å². The standard InChI is InChI=1S/C4H11NO.C4H8S/c1-4(2,5)3-6;1-2-4-5-3-1/h6H,3,5H2,1-2H3;1-4H2. The molecule has 0 aromatic rings. The molecule has 0 atom stereocenters. The first-order chi connectivity index (χ1) is 5.06. The van der Waals surface area contributed by atoms with Crippen molar-refractivity contribution in [3.8, 4) is 0 Å². The molecule has 1 fully saturated rings. The van der Waals surface area contributed by atoms with Crippen molar-refractivity contribution in [1.29, 1.82) is 0 Å². The summed E-state index contributed by atoms with van der Waals surface area (Å²) in [5.41, 5.74) is 4.88. The van der Waals surface area contributed by atoms with Crippen molar-refractivity contribution >= 4 is 11.8 Å². The van der Waals surface area contributed by atoms with Gasteiger partial charge in [-0.25, -0.2) is 0 Å². The highest BCUT2D eigenvalue weighted by atomic mass is 32.2. The third-order valence-electron chi connectivity index (χ3n) is 1.23. The third kappa shape index (κ3) is 10.3. The summed E-state index contributed by atoms with van der Waals surface area (Å²) in [7, 11) is 0. The molecule has 3 N–H and O–H groups in total. The third-order valence-corrected chi connectivity index (χ3v) is 2.39. The van der Waals surface area contributed by atoms with Crippen LogP contribution in [-0.2, 0) is 0 Å². The lowest BCUT2D eigenvalue weighted by Crippen LogP contribution is -2.35. The predicted octanol–water partition coefficient (Wildman–Crippen LogP) is 1.23. The molecule has 1 aliphatic rings. The summed E-state index contributed by atoms with van der Waals surface area (Å²) >= 11 is 2.07. The molecule has 0 radical (unpaired) electrons. The first kappa shape index (κ1) is 11.3. The second-order valence-electron chi connectivity index (χ2n) is 3.47. The summed E-state index contributed by atoms with van der Waals surface area (Å²) in [5, 5.41) is 8.28. The van der Waals surface area contributed by atoms with Crippen LogP contribution < -0.4 is 5.73 Å². The lowest BCUT2D eigenvalue weighted by molar-refractivity contribution is 0.221. The van der Waals surface area contributed by atoms with Crippen LogP contribution in [0.25, 0.3) is 0 Å². The molecule has 68 valence electrons. The fraction of sp³-hybridized carbons (Fsp3) is 1.00. The van der Waals surface area contributed by atoms with Crippen molar-refractivity contribution in [2.45, 2.75) is 32.2 Å². The molecule has 2 nitrogen and oxygen atoms in total. The fourth-order valence-electron chi connectivity index (χ4n) is 0.510. The number of hydrogen-bond acceptors (Lipinski definition) is 3. The lowest BCUT2D eigenvalue weighted by atomic mass is 10.1. The normalized spacial score (nSPS) is 17.5. The van der Waals surface area contributed by atoms with Gasteiger partial charge in [-0.3, -0.25) is 0 Å². The van der Waals surface area contributed by atoms with Crippen molar-refractivity contribution in [1.82, 2.24) is 0 Å². The Morgan fingerprint density at radius 2 is 1.73 bits per heavy atom. The average Bonchev–Trinajstić information content (AvgIpc) is 2.41. The van der Waals surface area contributed by atoms with Crippen molar-refractivity contribution in [2.24, 2.45) is 5.73 Å². The van der Waals surface area contributed by atoms with E-state index in [0.717, 1.165) is 0 Å². The van der Waals surface area contributed by atoms with Crippen LogP contribution in [0.5, 0.6) is 0 Å². The van der Waals surface area contributed by atoms with Gasteiger partial charge < -0.3 is 10.8 Å². The SMILES string of the molecule is C1CCSC1.CC(C)(N)CO. The van der Waals surface area contributed by atoms with Gasteiger partial charge in [-0.05, 0) is 38.2 Å². The van der Waals surface area contributed by atoms with Gasteiger partial charge in [0.05, 0.1) is 6.61 Å². The van der Waals surface area contributed by atoms with Crippen molar-refractivity contribution in [3.05, 3.63) is 0 Å². The number of aliphatic hydroxyl groups is 1. The second kappa shape index (κ2) is 5.86. The van der Waals surface area contributed by atoms with E-state index in [1.54, 1.807) is 13.8 Å². The molecular formula is C8H19NOS. The number of hydrogen-bond donors (Lipinski definition) is 2. The molecule has 0 aliphatic carbocycles. The van der Waals surface area contributed by atoms with Gasteiger partial charge in [-0.1, -0.05) is 0 Å². The number of thioether (sulfide) groups is 1. The minimum atomic E-state index is -0.403. The van der Waals surface area contributed by atoms with Gasteiger partial charge in [-0.2, -0.15) is 11.8 Å². The zero-order valence-electron chi connectivity index (χ0n) is 7.47. The van der Waals surface area contributed by atoms with Crippen LogP contribution in [0.3, 0.4) is 0 Å². The van der Waals surface area contributed by atoms with Gasteiger partial charge in [0.1, 0.15) is 0 Å². The molecule has 1 saturated heterocycles. The van der Waals surface area contributed by atoms with Crippen molar-refractivity contribution in [2.75, 3.05) is 18.1 Å². The molecule has 0 aromatic heterocycles. The topological polar surface area (TPSA) is 46.2 Å². The highest BCUT2D eigenvalue weighted by Gasteiger charge is 2.05. The van der Waals surface area contributed by atoms with Crippen molar-refractivity contribution in [3.63, 3.8) is 0 Å². The fourth-order valence-corrected chi connectivity index (χ4v) is 1.53. The number of aliphatic hydroxyl groups excluding tert-OH is 1. The van der Waals surface area contributed by atoms with Crippen LogP contribution >= 0.6 is 11.8 Å². The molecule has 0 spiro atoms. The van der Waals surface area contributed by atoms with Gasteiger partial charge in [0.2, 0.25) is 0 Å². The zero-order chi connectivity index (χ0) is 8.74. The van der Waals surface area contributed by atoms with Gasteiger partial charge in [0.25, 0.3) is 0 Å².